The number of imidazole rings is 1. The molecule has 6 nitrogen and oxygen atoms in total. The molecule has 0 radical (unpaired) electrons. The van der Waals surface area contributed by atoms with Crippen LogP contribution in [0.1, 0.15) is 12.0 Å². The van der Waals surface area contributed by atoms with Gasteiger partial charge in [-0.25, -0.2) is 9.78 Å². The molecule has 32 heavy (non-hydrogen) atoms. The summed E-state index contributed by atoms with van der Waals surface area (Å²) in [4.78, 5) is 16.8. The Balaban J connectivity index is 0.00000289. The van der Waals surface area contributed by atoms with Gasteiger partial charge in [0.1, 0.15) is 0 Å². The van der Waals surface area contributed by atoms with Crippen molar-refractivity contribution in [1.82, 2.24) is 9.55 Å². The second-order valence-corrected chi connectivity index (χ2v) is 7.94. The van der Waals surface area contributed by atoms with Crippen LogP contribution >= 0.6 is 35.6 Å². The number of fused-ring (bicyclic) bond motifs is 1. The fraction of sp³-hybridized carbons (Fsp3) is 0.130. The molecule has 2 amide bonds. The van der Waals surface area contributed by atoms with E-state index in [9.17, 15) is 4.79 Å². The number of urea groups is 1. The molecule has 0 bridgehead atoms. The van der Waals surface area contributed by atoms with Crippen LogP contribution in [0.25, 0.3) is 11.0 Å². The van der Waals surface area contributed by atoms with Crippen molar-refractivity contribution >= 4 is 70.0 Å². The summed E-state index contributed by atoms with van der Waals surface area (Å²) in [7, 11) is 0. The number of nitrogens with two attached hydrogens (primary N) is 1. The van der Waals surface area contributed by atoms with Crippen LogP contribution in [0.4, 0.5) is 22.1 Å². The molecule has 0 unspecified atom stereocenters. The number of amides is 2. The highest BCUT2D eigenvalue weighted by molar-refractivity contribution is 6.42. The van der Waals surface area contributed by atoms with Gasteiger partial charge in [-0.2, -0.15) is 0 Å². The van der Waals surface area contributed by atoms with Gasteiger partial charge in [0.05, 0.1) is 21.1 Å². The standard InChI is InChI=1S/C23H21Cl2N5O.ClH/c24-18-10-8-16(13-19(18)25)27-23(31)28-17-9-11-21-20(14-17)29-22(26)30(21)12-4-7-15-5-2-1-3-6-15;/h1-3,5-6,8-11,13-14H,4,7,12H2,(H2,26,29)(H2,27,28,31);1H. The van der Waals surface area contributed by atoms with Crippen LogP contribution in [0, 0.1) is 0 Å². The van der Waals surface area contributed by atoms with Gasteiger partial charge < -0.3 is 20.9 Å². The normalized spacial score (nSPS) is 10.6. The Morgan fingerprint density at radius 1 is 0.938 bits per heavy atom. The molecule has 0 aliphatic carbocycles. The Morgan fingerprint density at radius 3 is 2.34 bits per heavy atom. The predicted molar refractivity (Wildman–Crippen MR) is 135 cm³/mol. The van der Waals surface area contributed by atoms with Crippen LogP contribution < -0.4 is 16.4 Å². The minimum Gasteiger partial charge on any atom is -0.369 e. The molecule has 166 valence electrons. The summed E-state index contributed by atoms with van der Waals surface area (Å²) < 4.78 is 2.00. The van der Waals surface area contributed by atoms with Crippen molar-refractivity contribution in [3.8, 4) is 0 Å². The number of nitrogens with zero attached hydrogens (tertiary/aromatic N) is 2. The highest BCUT2D eigenvalue weighted by Gasteiger charge is 2.11. The fourth-order valence-corrected chi connectivity index (χ4v) is 3.71. The van der Waals surface area contributed by atoms with Crippen molar-refractivity contribution in [2.75, 3.05) is 16.4 Å². The molecule has 4 aromatic rings. The summed E-state index contributed by atoms with van der Waals surface area (Å²) in [6, 6.07) is 20.4. The van der Waals surface area contributed by atoms with Gasteiger partial charge in [-0.1, -0.05) is 53.5 Å². The van der Waals surface area contributed by atoms with Crippen LogP contribution in [0.5, 0.6) is 0 Å². The molecule has 4 N–H and O–H groups in total. The van der Waals surface area contributed by atoms with E-state index in [0.717, 1.165) is 30.4 Å². The number of nitrogens with one attached hydrogen (secondary N) is 2. The summed E-state index contributed by atoms with van der Waals surface area (Å²) in [5, 5.41) is 6.31. The van der Waals surface area contributed by atoms with E-state index in [2.05, 4.69) is 27.8 Å². The van der Waals surface area contributed by atoms with Crippen LogP contribution in [0.3, 0.4) is 0 Å². The van der Waals surface area contributed by atoms with Crippen LogP contribution in [-0.2, 0) is 13.0 Å². The highest BCUT2D eigenvalue weighted by atomic mass is 35.5. The molecule has 0 aliphatic rings. The first kappa shape index (κ1) is 23.7. The lowest BCUT2D eigenvalue weighted by atomic mass is 10.1. The zero-order valence-electron chi connectivity index (χ0n) is 17.0. The monoisotopic (exact) mass is 489 g/mol. The number of benzene rings is 3. The third-order valence-electron chi connectivity index (χ3n) is 4.90. The van der Waals surface area contributed by atoms with Gasteiger partial charge in [0.15, 0.2) is 0 Å². The first-order valence-electron chi connectivity index (χ1n) is 9.82. The number of anilines is 3. The van der Waals surface area contributed by atoms with E-state index in [1.54, 1.807) is 24.3 Å². The lowest BCUT2D eigenvalue weighted by Crippen LogP contribution is -2.19. The quantitative estimate of drug-likeness (QED) is 0.284. The number of hydrogen-bond donors (Lipinski definition) is 3. The maximum Gasteiger partial charge on any atom is 0.323 e. The summed E-state index contributed by atoms with van der Waals surface area (Å²) in [5.74, 6) is 0.459. The number of aryl methyl sites for hydroxylation is 2. The van der Waals surface area contributed by atoms with E-state index in [4.69, 9.17) is 28.9 Å². The summed E-state index contributed by atoms with van der Waals surface area (Å²) in [5.41, 5.74) is 10.2. The van der Waals surface area contributed by atoms with E-state index >= 15 is 0 Å². The van der Waals surface area contributed by atoms with Crippen molar-refractivity contribution in [3.63, 3.8) is 0 Å². The lowest BCUT2D eigenvalue weighted by molar-refractivity contribution is 0.262. The second-order valence-electron chi connectivity index (χ2n) is 7.12. The number of aromatic nitrogens is 2. The molecule has 1 heterocycles. The van der Waals surface area contributed by atoms with E-state index in [1.165, 1.54) is 5.56 Å². The van der Waals surface area contributed by atoms with Crippen molar-refractivity contribution in [3.05, 3.63) is 82.3 Å². The topological polar surface area (TPSA) is 85.0 Å². The maximum atomic E-state index is 12.3. The van der Waals surface area contributed by atoms with Crippen molar-refractivity contribution < 1.29 is 4.79 Å². The third kappa shape index (κ3) is 5.65. The Bertz CT molecular complexity index is 1230. The summed E-state index contributed by atoms with van der Waals surface area (Å²) >= 11 is 11.9. The Morgan fingerprint density at radius 2 is 1.62 bits per heavy atom. The van der Waals surface area contributed by atoms with E-state index in [-0.39, 0.29) is 12.4 Å². The number of carbonyl (C=O) groups is 1. The minimum absolute atomic E-state index is 0. The number of carbonyl (C=O) groups excluding carboxylic acids is 1. The second kappa shape index (κ2) is 10.6. The maximum absolute atomic E-state index is 12.3. The molecule has 0 atom stereocenters. The summed E-state index contributed by atoms with van der Waals surface area (Å²) in [6.45, 7) is 0.766. The van der Waals surface area contributed by atoms with Gasteiger partial charge in [-0.3, -0.25) is 0 Å². The third-order valence-corrected chi connectivity index (χ3v) is 5.64. The van der Waals surface area contributed by atoms with Gasteiger partial charge in [0.25, 0.3) is 0 Å². The average Bonchev–Trinajstić information content (AvgIpc) is 3.06. The minimum atomic E-state index is -0.395. The van der Waals surface area contributed by atoms with Crippen LogP contribution in [0.2, 0.25) is 10.0 Å². The molecule has 3 aromatic carbocycles. The van der Waals surface area contributed by atoms with Gasteiger partial charge in [0.2, 0.25) is 5.95 Å². The molecule has 1 aromatic heterocycles. The van der Waals surface area contributed by atoms with Crippen molar-refractivity contribution in [2.24, 2.45) is 0 Å². The van der Waals surface area contributed by atoms with Crippen molar-refractivity contribution in [2.45, 2.75) is 19.4 Å². The Kier molecular flexibility index (Phi) is 7.85. The van der Waals surface area contributed by atoms with Gasteiger partial charge in [-0.15, -0.1) is 12.4 Å². The van der Waals surface area contributed by atoms with Gasteiger partial charge in [0, 0.05) is 17.9 Å². The van der Waals surface area contributed by atoms with E-state index in [0.29, 0.717) is 27.4 Å². The zero-order valence-corrected chi connectivity index (χ0v) is 19.3. The molecular weight excluding hydrogens is 469 g/mol. The fourth-order valence-electron chi connectivity index (χ4n) is 3.41. The molecule has 9 heteroatoms. The van der Waals surface area contributed by atoms with Crippen LogP contribution in [-0.4, -0.2) is 15.6 Å². The first-order valence-corrected chi connectivity index (χ1v) is 10.6. The Hall–Kier alpha value is -2.93. The molecule has 0 aliphatic heterocycles. The van der Waals surface area contributed by atoms with Crippen molar-refractivity contribution in [1.29, 1.82) is 0 Å². The van der Waals surface area contributed by atoms with Gasteiger partial charge >= 0.3 is 6.03 Å². The highest BCUT2D eigenvalue weighted by Crippen LogP contribution is 2.26. The van der Waals surface area contributed by atoms with Gasteiger partial charge in [-0.05, 0) is 54.8 Å². The molecule has 4 rings (SSSR count). The number of rotatable bonds is 6. The molecule has 0 fully saturated rings. The average molecular weight is 491 g/mol. The SMILES string of the molecule is Cl.Nc1nc2cc(NC(=O)Nc3ccc(Cl)c(Cl)c3)ccc2n1CCCc1ccccc1. The number of nitrogen functional groups attached to an aromatic ring is 1. The molecular formula is C23H22Cl3N5O. The predicted octanol–water partition coefficient (Wildman–Crippen LogP) is 6.62. The number of halogens is 3. The Labute approximate surface area is 202 Å². The first-order chi connectivity index (χ1) is 15.0. The number of hydrogen-bond acceptors (Lipinski definition) is 3. The molecule has 0 saturated heterocycles. The van der Waals surface area contributed by atoms with Crippen LogP contribution in [0.15, 0.2) is 66.7 Å². The van der Waals surface area contributed by atoms with E-state index in [1.807, 2.05) is 34.9 Å². The zero-order chi connectivity index (χ0) is 21.8. The smallest absolute Gasteiger partial charge is 0.323 e. The largest absolute Gasteiger partial charge is 0.369 e. The molecule has 0 spiro atoms. The molecule has 0 saturated carbocycles. The van der Waals surface area contributed by atoms with E-state index < -0.39 is 6.03 Å². The summed E-state index contributed by atoms with van der Waals surface area (Å²) in [6.07, 6.45) is 1.92. The lowest BCUT2D eigenvalue weighted by Gasteiger charge is -2.09.